The minimum atomic E-state index is -1.71. The van der Waals surface area contributed by atoms with Gasteiger partial charge in [0.2, 0.25) is 0 Å². The van der Waals surface area contributed by atoms with Crippen molar-refractivity contribution in [2.75, 3.05) is 60.5 Å². The molecule has 4 rings (SSSR count). The molecule has 0 amide bonds. The Morgan fingerprint density at radius 1 is 0.921 bits per heavy atom. The second-order valence-electron chi connectivity index (χ2n) is 9.97. The number of hydrogen-bond donors (Lipinski definition) is 0. The highest BCUT2D eigenvalue weighted by Crippen LogP contribution is 2.60. The Kier molecular flexibility index (Phi) is 8.25. The van der Waals surface area contributed by atoms with Gasteiger partial charge in [0.25, 0.3) is 0 Å². The van der Waals surface area contributed by atoms with E-state index in [0.717, 1.165) is 13.1 Å². The van der Waals surface area contributed by atoms with Gasteiger partial charge in [0.1, 0.15) is 0 Å². The molecule has 2 aliphatic rings. The number of piperidine rings is 2. The van der Waals surface area contributed by atoms with Crippen LogP contribution in [0.1, 0.15) is 37.3 Å². The second-order valence-corrected chi connectivity index (χ2v) is 9.97. The number of methoxy groups -OCH3 is 2. The highest BCUT2D eigenvalue weighted by molar-refractivity contribution is 6.17. The normalized spacial score (nSPS) is 27.8. The lowest BCUT2D eigenvalue weighted by Crippen LogP contribution is -2.75. The van der Waals surface area contributed by atoms with Crippen molar-refractivity contribution in [1.29, 1.82) is 0 Å². The Bertz CT molecular complexity index is 1070. The van der Waals surface area contributed by atoms with Crippen LogP contribution in [0.2, 0.25) is 0 Å². The lowest BCUT2D eigenvalue weighted by Gasteiger charge is -2.60. The maximum absolute atomic E-state index is 14.8. The van der Waals surface area contributed by atoms with Gasteiger partial charge in [-0.05, 0) is 44.4 Å². The number of hydrogen-bond acceptors (Lipinski definition) is 10. The first kappa shape index (κ1) is 27.8. The van der Waals surface area contributed by atoms with Crippen LogP contribution < -0.4 is 0 Å². The number of aromatic nitrogens is 2. The summed E-state index contributed by atoms with van der Waals surface area (Å²) < 4.78 is 10.7. The van der Waals surface area contributed by atoms with Gasteiger partial charge < -0.3 is 14.4 Å². The molecule has 0 aromatic carbocycles. The van der Waals surface area contributed by atoms with E-state index in [4.69, 9.17) is 9.47 Å². The summed E-state index contributed by atoms with van der Waals surface area (Å²) in [4.78, 5) is 57.8. The number of likely N-dealkylation sites (N-methyl/N-ethyl adjacent to an activating group) is 1. The monoisotopic (exact) mass is 523 g/mol. The average Bonchev–Trinajstić information content (AvgIpc) is 2.95. The van der Waals surface area contributed by atoms with Gasteiger partial charge in [0.15, 0.2) is 16.6 Å². The van der Waals surface area contributed by atoms with Crippen LogP contribution >= 0.6 is 0 Å². The van der Waals surface area contributed by atoms with Gasteiger partial charge in [-0.2, -0.15) is 0 Å². The number of likely N-dealkylation sites (tertiary alicyclic amines) is 2. The number of Topliss-reactive ketones (excluding diaryl/α,β-unsaturated/α-hetero) is 1. The molecule has 2 bridgehead atoms. The molecule has 0 unspecified atom stereocenters. The molecule has 10 heteroatoms. The molecule has 0 aliphatic carbocycles. The third-order valence-corrected chi connectivity index (χ3v) is 8.17. The third kappa shape index (κ3) is 4.30. The predicted molar refractivity (Wildman–Crippen MR) is 140 cm³/mol. The SMILES string of the molecule is CCN(CC)CCN1C[C@@]2(C(=O)OC)C(=O)[C@@](C(=O)OC)(C1)[C@@H](c1ccccn1)N(C)[C@H]2c1ccccn1. The summed E-state index contributed by atoms with van der Waals surface area (Å²) in [6.07, 6.45) is 3.27. The molecular weight excluding hydrogens is 486 g/mol. The number of pyridine rings is 2. The minimum absolute atomic E-state index is 0.0963. The molecule has 10 nitrogen and oxygen atoms in total. The van der Waals surface area contributed by atoms with E-state index in [0.29, 0.717) is 24.5 Å². The number of ether oxygens (including phenoxy) is 2. The summed E-state index contributed by atoms with van der Waals surface area (Å²) >= 11 is 0. The fourth-order valence-electron chi connectivity index (χ4n) is 6.45. The van der Waals surface area contributed by atoms with Crippen molar-refractivity contribution in [3.05, 3.63) is 60.2 Å². The van der Waals surface area contributed by atoms with E-state index in [1.54, 1.807) is 36.7 Å². The van der Waals surface area contributed by atoms with Crippen molar-refractivity contribution < 1.29 is 23.9 Å². The number of esters is 2. The summed E-state index contributed by atoms with van der Waals surface area (Å²) in [6.45, 7) is 7.37. The molecule has 204 valence electrons. The summed E-state index contributed by atoms with van der Waals surface area (Å²) in [5, 5.41) is 0. The van der Waals surface area contributed by atoms with E-state index in [9.17, 15) is 14.4 Å². The van der Waals surface area contributed by atoms with Crippen molar-refractivity contribution in [2.24, 2.45) is 10.8 Å². The molecule has 38 heavy (non-hydrogen) atoms. The van der Waals surface area contributed by atoms with Gasteiger partial charge in [0.05, 0.1) is 37.7 Å². The molecule has 0 N–H and O–H groups in total. The fraction of sp³-hybridized carbons (Fsp3) is 0.536. The molecule has 2 aromatic rings. The van der Waals surface area contributed by atoms with Crippen LogP contribution in [0.5, 0.6) is 0 Å². The van der Waals surface area contributed by atoms with Crippen LogP contribution in [0.25, 0.3) is 0 Å². The molecule has 4 heterocycles. The first-order valence-corrected chi connectivity index (χ1v) is 13.0. The molecule has 0 saturated carbocycles. The van der Waals surface area contributed by atoms with Crippen LogP contribution in [0.3, 0.4) is 0 Å². The van der Waals surface area contributed by atoms with Crippen molar-refractivity contribution in [3.8, 4) is 0 Å². The lowest BCUT2D eigenvalue weighted by molar-refractivity contribution is -0.204. The Labute approximate surface area is 223 Å². The van der Waals surface area contributed by atoms with E-state index in [-0.39, 0.29) is 13.1 Å². The summed E-state index contributed by atoms with van der Waals surface area (Å²) in [5.74, 6) is -1.89. The smallest absolute Gasteiger partial charge is 0.322 e. The number of ketones is 1. The molecule has 0 spiro atoms. The van der Waals surface area contributed by atoms with E-state index in [2.05, 4.69) is 28.7 Å². The van der Waals surface area contributed by atoms with Crippen LogP contribution in [0, 0.1) is 10.8 Å². The quantitative estimate of drug-likeness (QED) is 0.357. The fourth-order valence-corrected chi connectivity index (χ4v) is 6.45. The van der Waals surface area contributed by atoms with Crippen LogP contribution in [0.4, 0.5) is 0 Å². The standard InChI is InChI=1S/C28H37N5O5/c1-6-32(7-2)16-17-33-18-27(25(35)37-4)22(20-12-8-10-14-29-20)31(3)23(21-13-9-11-15-30-21)28(19-33,24(27)34)26(36)38-5/h8-15,22-23H,6-7,16-19H2,1-5H3/t22-,23+,27-,28+. The average molecular weight is 524 g/mol. The molecule has 2 aliphatic heterocycles. The van der Waals surface area contributed by atoms with Crippen molar-refractivity contribution in [3.63, 3.8) is 0 Å². The minimum Gasteiger partial charge on any atom is -0.468 e. The van der Waals surface area contributed by atoms with Gasteiger partial charge in [0, 0.05) is 38.6 Å². The van der Waals surface area contributed by atoms with Crippen molar-refractivity contribution in [2.45, 2.75) is 25.9 Å². The topological polar surface area (TPSA) is 105 Å². The van der Waals surface area contributed by atoms with Crippen molar-refractivity contribution in [1.82, 2.24) is 24.7 Å². The number of rotatable bonds is 9. The maximum Gasteiger partial charge on any atom is 0.322 e. The van der Waals surface area contributed by atoms with Gasteiger partial charge >= 0.3 is 11.9 Å². The molecule has 4 atom stereocenters. The lowest BCUT2D eigenvalue weighted by atomic mass is 9.54. The molecule has 2 aromatic heterocycles. The Morgan fingerprint density at radius 3 is 1.76 bits per heavy atom. The first-order chi connectivity index (χ1) is 18.3. The van der Waals surface area contributed by atoms with E-state index >= 15 is 0 Å². The Balaban J connectivity index is 1.99. The second kappa shape index (κ2) is 11.3. The Morgan fingerprint density at radius 2 is 1.39 bits per heavy atom. The number of fused-ring (bicyclic) bond motifs is 2. The number of carbonyl (C=O) groups is 3. The number of carbonyl (C=O) groups excluding carboxylic acids is 3. The largest absolute Gasteiger partial charge is 0.468 e. The zero-order valence-corrected chi connectivity index (χ0v) is 22.8. The molecular formula is C28H37N5O5. The molecule has 2 saturated heterocycles. The molecule has 2 fully saturated rings. The van der Waals surface area contributed by atoms with Crippen LogP contribution in [-0.2, 0) is 23.9 Å². The van der Waals surface area contributed by atoms with Gasteiger partial charge in [-0.25, -0.2) is 0 Å². The number of nitrogens with zero attached hydrogens (tertiary/aromatic N) is 5. The van der Waals surface area contributed by atoms with Gasteiger partial charge in [-0.3, -0.25) is 34.2 Å². The van der Waals surface area contributed by atoms with Crippen molar-refractivity contribution >= 4 is 17.7 Å². The predicted octanol–water partition coefficient (Wildman–Crippen LogP) is 1.75. The third-order valence-electron chi connectivity index (χ3n) is 8.17. The molecule has 0 radical (unpaired) electrons. The summed E-state index contributed by atoms with van der Waals surface area (Å²) in [7, 11) is 4.37. The highest BCUT2D eigenvalue weighted by Gasteiger charge is 2.75. The summed E-state index contributed by atoms with van der Waals surface area (Å²) in [5.41, 5.74) is -2.34. The van der Waals surface area contributed by atoms with E-state index in [1.165, 1.54) is 14.2 Å². The van der Waals surface area contributed by atoms with Crippen LogP contribution in [-0.4, -0.2) is 103 Å². The van der Waals surface area contributed by atoms with E-state index < -0.39 is 40.6 Å². The zero-order valence-electron chi connectivity index (χ0n) is 22.8. The van der Waals surface area contributed by atoms with Gasteiger partial charge in [-0.15, -0.1) is 0 Å². The zero-order chi connectivity index (χ0) is 27.5. The Hall–Kier alpha value is -3.21. The first-order valence-electron chi connectivity index (χ1n) is 13.0. The summed E-state index contributed by atoms with van der Waals surface area (Å²) in [6, 6.07) is 9.21. The maximum atomic E-state index is 14.8. The van der Waals surface area contributed by atoms with E-state index in [1.807, 2.05) is 29.0 Å². The van der Waals surface area contributed by atoms with Crippen LogP contribution in [0.15, 0.2) is 48.8 Å². The van der Waals surface area contributed by atoms with Gasteiger partial charge in [-0.1, -0.05) is 26.0 Å². The highest BCUT2D eigenvalue weighted by atomic mass is 16.5.